The van der Waals surface area contributed by atoms with E-state index < -0.39 is 18.2 Å². The van der Waals surface area contributed by atoms with Crippen LogP contribution >= 0.6 is 22.9 Å². The molecule has 4 heterocycles. The molecule has 1 aromatic carbocycles. The molecule has 9 nitrogen and oxygen atoms in total. The van der Waals surface area contributed by atoms with Gasteiger partial charge in [0, 0.05) is 27.2 Å². The van der Waals surface area contributed by atoms with Crippen LogP contribution in [0.25, 0.3) is 32.2 Å². The van der Waals surface area contributed by atoms with Gasteiger partial charge < -0.3 is 9.84 Å². The molecular formula is C27H19ClFN5O4S. The van der Waals surface area contributed by atoms with Gasteiger partial charge in [-0.05, 0) is 38.1 Å². The molecule has 0 atom stereocenters. The fraction of sp³-hybridized carbons (Fsp3) is 0.185. The Morgan fingerprint density at radius 1 is 1.26 bits per heavy atom. The van der Waals surface area contributed by atoms with Crippen molar-refractivity contribution in [1.82, 2.24) is 19.5 Å². The number of carboxylic acid groups (broad SMARTS) is 1. The summed E-state index contributed by atoms with van der Waals surface area (Å²) in [7, 11) is 0. The molecule has 0 amide bonds. The molecule has 0 aliphatic heterocycles. The normalized spacial score (nSPS) is 11.2. The van der Waals surface area contributed by atoms with Crippen LogP contribution in [0.15, 0.2) is 40.6 Å². The van der Waals surface area contributed by atoms with E-state index >= 15 is 0 Å². The van der Waals surface area contributed by atoms with Gasteiger partial charge in [0.2, 0.25) is 0 Å². The van der Waals surface area contributed by atoms with Crippen LogP contribution in [0.5, 0.6) is 5.75 Å². The van der Waals surface area contributed by atoms with Gasteiger partial charge in [-0.1, -0.05) is 11.6 Å². The second-order valence-corrected chi connectivity index (χ2v) is 9.95. The number of benzene rings is 1. The van der Waals surface area contributed by atoms with E-state index in [-0.39, 0.29) is 40.9 Å². The summed E-state index contributed by atoms with van der Waals surface area (Å²) in [4.78, 5) is 37.7. The molecule has 12 heteroatoms. The van der Waals surface area contributed by atoms with Crippen LogP contribution in [-0.2, 0) is 13.2 Å². The quantitative estimate of drug-likeness (QED) is 0.276. The first-order chi connectivity index (χ1) is 18.7. The average molecular weight is 564 g/mol. The number of thiophene rings is 1. The van der Waals surface area contributed by atoms with Crippen molar-refractivity contribution in [1.29, 1.82) is 5.26 Å². The zero-order valence-corrected chi connectivity index (χ0v) is 22.2. The fourth-order valence-electron chi connectivity index (χ4n) is 4.42. The first-order valence-corrected chi connectivity index (χ1v) is 12.9. The zero-order valence-electron chi connectivity index (χ0n) is 20.7. The maximum atomic E-state index is 13.4. The van der Waals surface area contributed by atoms with Crippen LogP contribution < -0.4 is 10.3 Å². The lowest BCUT2D eigenvalue weighted by atomic mass is 10.0. The first kappa shape index (κ1) is 26.2. The third-order valence-corrected chi connectivity index (χ3v) is 7.43. The number of alkyl halides is 1. The Morgan fingerprint density at radius 3 is 2.77 bits per heavy atom. The Balaban J connectivity index is 1.52. The molecule has 39 heavy (non-hydrogen) atoms. The van der Waals surface area contributed by atoms with E-state index in [1.54, 1.807) is 37.4 Å². The Hall–Kier alpha value is -4.40. The molecule has 0 bridgehead atoms. The van der Waals surface area contributed by atoms with Gasteiger partial charge >= 0.3 is 5.97 Å². The number of pyridine rings is 2. The maximum absolute atomic E-state index is 13.4. The standard InChI is InChI=1S/C27H19ClFN5O4S/c1-13-7-17(25-24(32-13)19(12-39-25)27(36)37)16-8-15(28)3-4-22(16)38-6-5-34-14(2)33-21-11-31-20(9-29)18(10-30)23(21)26(34)35/h3-4,7-8,11-12H,5-6,9H2,1-2H3,(H,36,37). The molecule has 0 aliphatic rings. The molecular weight excluding hydrogens is 545 g/mol. The van der Waals surface area contributed by atoms with Gasteiger partial charge in [-0.3, -0.25) is 19.3 Å². The van der Waals surface area contributed by atoms with Gasteiger partial charge in [0.25, 0.3) is 5.56 Å². The van der Waals surface area contributed by atoms with Crippen LogP contribution in [0.2, 0.25) is 5.02 Å². The van der Waals surface area contributed by atoms with Crippen molar-refractivity contribution in [3.63, 3.8) is 0 Å². The molecule has 5 aromatic rings. The Kier molecular flexibility index (Phi) is 6.99. The zero-order chi connectivity index (χ0) is 27.8. The smallest absolute Gasteiger partial charge is 0.338 e. The van der Waals surface area contributed by atoms with Crippen molar-refractivity contribution in [2.75, 3.05) is 6.61 Å². The maximum Gasteiger partial charge on any atom is 0.338 e. The van der Waals surface area contributed by atoms with E-state index in [1.165, 1.54) is 22.1 Å². The fourth-order valence-corrected chi connectivity index (χ4v) is 5.60. The highest BCUT2D eigenvalue weighted by Crippen LogP contribution is 2.40. The van der Waals surface area contributed by atoms with E-state index in [9.17, 15) is 24.3 Å². The Morgan fingerprint density at radius 2 is 2.05 bits per heavy atom. The summed E-state index contributed by atoms with van der Waals surface area (Å²) >= 11 is 7.59. The molecule has 0 unspecified atom stereocenters. The monoisotopic (exact) mass is 563 g/mol. The lowest BCUT2D eigenvalue weighted by molar-refractivity contribution is 0.0699. The van der Waals surface area contributed by atoms with E-state index in [4.69, 9.17) is 16.3 Å². The molecule has 0 spiro atoms. The Labute approximate surface area is 229 Å². The van der Waals surface area contributed by atoms with Gasteiger partial charge in [0.05, 0.1) is 50.7 Å². The minimum absolute atomic E-state index is 0.0134. The number of hydrogen-bond donors (Lipinski definition) is 1. The minimum atomic E-state index is -1.06. The van der Waals surface area contributed by atoms with E-state index in [0.717, 1.165) is 5.56 Å². The first-order valence-electron chi connectivity index (χ1n) is 11.6. The summed E-state index contributed by atoms with van der Waals surface area (Å²) in [6.07, 6.45) is 1.29. The molecule has 0 aliphatic carbocycles. The molecule has 0 fully saturated rings. The highest BCUT2D eigenvalue weighted by molar-refractivity contribution is 7.18. The summed E-state index contributed by atoms with van der Waals surface area (Å²) in [6, 6.07) is 8.81. The van der Waals surface area contributed by atoms with Gasteiger partial charge in [-0.2, -0.15) is 5.26 Å². The molecule has 196 valence electrons. The number of carbonyl (C=O) groups is 1. The van der Waals surface area contributed by atoms with Crippen molar-refractivity contribution < 1.29 is 19.0 Å². The largest absolute Gasteiger partial charge is 0.491 e. The van der Waals surface area contributed by atoms with E-state index in [2.05, 4.69) is 15.0 Å². The second kappa shape index (κ2) is 10.4. The van der Waals surface area contributed by atoms with Crippen molar-refractivity contribution >= 4 is 50.0 Å². The van der Waals surface area contributed by atoms with Crippen LogP contribution in [0.1, 0.15) is 33.1 Å². The van der Waals surface area contributed by atoms with E-state index in [1.807, 2.05) is 12.1 Å². The molecule has 5 rings (SSSR count). The number of aromatic nitrogens is 4. The highest BCUT2D eigenvalue weighted by atomic mass is 35.5. The number of hydrogen-bond acceptors (Lipinski definition) is 8. The van der Waals surface area contributed by atoms with Crippen LogP contribution in [0.4, 0.5) is 4.39 Å². The third-order valence-electron chi connectivity index (χ3n) is 6.19. The lowest BCUT2D eigenvalue weighted by Gasteiger charge is -2.15. The minimum Gasteiger partial charge on any atom is -0.491 e. The van der Waals surface area contributed by atoms with Gasteiger partial charge in [-0.15, -0.1) is 11.3 Å². The number of halogens is 2. The summed E-state index contributed by atoms with van der Waals surface area (Å²) in [5.41, 5.74) is 1.98. The van der Waals surface area contributed by atoms with Crippen LogP contribution in [0.3, 0.4) is 0 Å². The number of aryl methyl sites for hydroxylation is 2. The van der Waals surface area contributed by atoms with Crippen LogP contribution in [0, 0.1) is 25.2 Å². The van der Waals surface area contributed by atoms with Crippen LogP contribution in [-0.4, -0.2) is 37.2 Å². The Bertz CT molecular complexity index is 1900. The van der Waals surface area contributed by atoms with Crippen molar-refractivity contribution in [2.24, 2.45) is 0 Å². The topological polar surface area (TPSA) is 131 Å². The van der Waals surface area contributed by atoms with E-state index in [0.29, 0.717) is 38.1 Å². The molecule has 0 saturated heterocycles. The van der Waals surface area contributed by atoms with Crippen molar-refractivity contribution in [2.45, 2.75) is 27.1 Å². The summed E-state index contributed by atoms with van der Waals surface area (Å²) in [5.74, 6) is -0.207. The summed E-state index contributed by atoms with van der Waals surface area (Å²) in [6.45, 7) is 2.61. The highest BCUT2D eigenvalue weighted by Gasteiger charge is 2.20. The molecule has 4 aromatic heterocycles. The number of aromatic carboxylic acids is 1. The van der Waals surface area contributed by atoms with Crippen molar-refractivity contribution in [3.05, 3.63) is 79.6 Å². The number of ether oxygens (including phenoxy) is 1. The predicted octanol–water partition coefficient (Wildman–Crippen LogP) is 5.46. The molecule has 1 N–H and O–H groups in total. The summed E-state index contributed by atoms with van der Waals surface area (Å²) < 4.78 is 21.5. The number of nitrogens with zero attached hydrogens (tertiary/aromatic N) is 5. The number of nitriles is 1. The predicted molar refractivity (Wildman–Crippen MR) is 145 cm³/mol. The SMILES string of the molecule is Cc1cc(-c2cc(Cl)ccc2OCCn2c(C)nc3cnc(CF)c(C#N)c3c2=O)c2scc(C(=O)O)c2n1. The van der Waals surface area contributed by atoms with Crippen molar-refractivity contribution in [3.8, 4) is 22.9 Å². The van der Waals surface area contributed by atoms with Gasteiger partial charge in [0.15, 0.2) is 0 Å². The average Bonchev–Trinajstić information content (AvgIpc) is 3.34. The second-order valence-electron chi connectivity index (χ2n) is 8.63. The molecule has 0 saturated carbocycles. The molecule has 0 radical (unpaired) electrons. The lowest BCUT2D eigenvalue weighted by Crippen LogP contribution is -2.27. The number of fused-ring (bicyclic) bond motifs is 2. The van der Waals surface area contributed by atoms with Gasteiger partial charge in [-0.25, -0.2) is 14.2 Å². The number of rotatable bonds is 7. The number of carboxylic acids is 1. The van der Waals surface area contributed by atoms with Gasteiger partial charge in [0.1, 0.15) is 30.9 Å². The third kappa shape index (κ3) is 4.69. The summed E-state index contributed by atoms with van der Waals surface area (Å²) in [5, 5.41) is 21.1.